The molecule has 0 amide bonds. The van der Waals surface area contributed by atoms with Crippen molar-refractivity contribution < 1.29 is 18.3 Å². The van der Waals surface area contributed by atoms with Gasteiger partial charge >= 0.3 is 0 Å². The highest BCUT2D eigenvalue weighted by Crippen LogP contribution is 2.38. The third-order valence-corrected chi connectivity index (χ3v) is 5.85. The van der Waals surface area contributed by atoms with E-state index in [1.807, 2.05) is 43.3 Å². The highest BCUT2D eigenvalue weighted by atomic mass is 19.1. The minimum Gasteiger partial charge on any atom is -0.368 e. The summed E-state index contributed by atoms with van der Waals surface area (Å²) < 4.78 is 34.0. The summed E-state index contributed by atoms with van der Waals surface area (Å²) in [5.41, 5.74) is 1.95. The van der Waals surface area contributed by atoms with Crippen LogP contribution in [-0.4, -0.2) is 49.1 Å². The van der Waals surface area contributed by atoms with E-state index in [0.29, 0.717) is 31.7 Å². The summed E-state index contributed by atoms with van der Waals surface area (Å²) in [6, 6.07) is 12.7. The number of Topliss-reactive ketones (excluding diaryl/α,β-unsaturated/α-hetero) is 1. The number of hydrogen-bond donors (Lipinski definition) is 1. The van der Waals surface area contributed by atoms with Gasteiger partial charge in [-0.2, -0.15) is 0 Å². The Kier molecular flexibility index (Phi) is 6.37. The average Bonchev–Trinajstić information content (AvgIpc) is 3.22. The van der Waals surface area contributed by atoms with E-state index in [-0.39, 0.29) is 23.4 Å². The number of benzene rings is 2. The first kappa shape index (κ1) is 20.8. The summed E-state index contributed by atoms with van der Waals surface area (Å²) in [4.78, 5) is 15.4. The van der Waals surface area contributed by atoms with Gasteiger partial charge in [0.05, 0.1) is 18.7 Å². The Morgan fingerprint density at radius 1 is 1.23 bits per heavy atom. The fourth-order valence-electron chi connectivity index (χ4n) is 4.36. The number of morpholine rings is 1. The van der Waals surface area contributed by atoms with E-state index in [9.17, 15) is 13.6 Å². The maximum absolute atomic E-state index is 14.5. The topological polar surface area (TPSA) is 41.6 Å². The van der Waals surface area contributed by atoms with E-state index in [1.165, 1.54) is 6.07 Å². The van der Waals surface area contributed by atoms with Crippen molar-refractivity contribution in [2.75, 3.05) is 26.2 Å². The third kappa shape index (κ3) is 4.21. The predicted molar refractivity (Wildman–Crippen MR) is 112 cm³/mol. The molecule has 2 unspecified atom stereocenters. The van der Waals surface area contributed by atoms with Crippen LogP contribution in [0.3, 0.4) is 0 Å². The van der Waals surface area contributed by atoms with Gasteiger partial charge in [0.15, 0.2) is 5.78 Å². The number of hydrogen-bond acceptors (Lipinski definition) is 4. The van der Waals surface area contributed by atoms with Gasteiger partial charge in [-0.1, -0.05) is 43.3 Å². The van der Waals surface area contributed by atoms with Gasteiger partial charge in [0.2, 0.25) is 0 Å². The predicted octanol–water partition coefficient (Wildman–Crippen LogP) is 3.74. The van der Waals surface area contributed by atoms with E-state index in [1.54, 1.807) is 0 Å². The summed E-state index contributed by atoms with van der Waals surface area (Å²) in [6.45, 7) is 4.08. The zero-order valence-electron chi connectivity index (χ0n) is 17.0. The van der Waals surface area contributed by atoms with Gasteiger partial charge in [0.25, 0.3) is 0 Å². The molecule has 0 bridgehead atoms. The number of halogens is 2. The van der Waals surface area contributed by atoms with Crippen molar-refractivity contribution >= 4 is 11.4 Å². The van der Waals surface area contributed by atoms with Crippen LogP contribution in [0.15, 0.2) is 54.6 Å². The highest BCUT2D eigenvalue weighted by molar-refractivity contribution is 5.89. The Balaban J connectivity index is 1.68. The molecule has 0 radical (unpaired) electrons. The molecule has 2 aliphatic rings. The van der Waals surface area contributed by atoms with Crippen LogP contribution >= 0.6 is 0 Å². The molecule has 0 aromatic heterocycles. The smallest absolute Gasteiger partial charge is 0.179 e. The van der Waals surface area contributed by atoms with Crippen LogP contribution in [0.4, 0.5) is 8.78 Å². The van der Waals surface area contributed by atoms with Crippen molar-refractivity contribution in [3.63, 3.8) is 0 Å². The molecule has 2 heterocycles. The Labute approximate surface area is 175 Å². The number of carbonyl (C=O) groups is 1. The molecule has 2 aromatic carbocycles. The van der Waals surface area contributed by atoms with E-state index in [0.717, 1.165) is 24.2 Å². The first-order valence-electron chi connectivity index (χ1n) is 10.4. The fourth-order valence-corrected chi connectivity index (χ4v) is 4.36. The summed E-state index contributed by atoms with van der Waals surface area (Å²) >= 11 is 0. The summed E-state index contributed by atoms with van der Waals surface area (Å²) in [6.07, 6.45) is 2.06. The lowest BCUT2D eigenvalue weighted by atomic mass is 9.99. The Morgan fingerprint density at radius 3 is 2.73 bits per heavy atom. The normalized spacial score (nSPS) is 23.2. The molecule has 2 aromatic rings. The van der Waals surface area contributed by atoms with Gasteiger partial charge in [-0.05, 0) is 35.8 Å². The van der Waals surface area contributed by atoms with Gasteiger partial charge in [0.1, 0.15) is 17.7 Å². The van der Waals surface area contributed by atoms with Crippen LogP contribution in [0.1, 0.15) is 30.5 Å². The molecule has 4 rings (SSSR count). The highest BCUT2D eigenvalue weighted by Gasteiger charge is 2.38. The van der Waals surface area contributed by atoms with Gasteiger partial charge in [-0.3, -0.25) is 9.69 Å². The molecule has 30 heavy (non-hydrogen) atoms. The van der Waals surface area contributed by atoms with Crippen molar-refractivity contribution in [3.8, 4) is 0 Å². The Bertz CT molecular complexity index is 926. The van der Waals surface area contributed by atoms with E-state index < -0.39 is 17.7 Å². The second kappa shape index (κ2) is 9.16. The van der Waals surface area contributed by atoms with E-state index in [4.69, 9.17) is 4.74 Å². The molecule has 2 aliphatic heterocycles. The molecule has 4 nitrogen and oxygen atoms in total. The summed E-state index contributed by atoms with van der Waals surface area (Å²) in [7, 11) is 0. The molecule has 1 saturated heterocycles. The number of nitrogens with one attached hydrogen (secondary N) is 1. The number of nitrogens with zero attached hydrogens (tertiary/aromatic N) is 1. The minimum absolute atomic E-state index is 0.0278. The molecule has 1 fully saturated rings. The molecule has 6 heteroatoms. The van der Waals surface area contributed by atoms with Crippen molar-refractivity contribution in [1.82, 2.24) is 10.2 Å². The van der Waals surface area contributed by atoms with Crippen LogP contribution in [0.2, 0.25) is 0 Å². The fraction of sp³-hybridized carbons (Fsp3) is 0.375. The average molecular weight is 412 g/mol. The van der Waals surface area contributed by atoms with E-state index >= 15 is 0 Å². The number of carbonyl (C=O) groups excluding carboxylic acids is 1. The number of rotatable bonds is 6. The zero-order valence-corrected chi connectivity index (χ0v) is 17.0. The zero-order chi connectivity index (χ0) is 21.1. The second-order valence-corrected chi connectivity index (χ2v) is 7.73. The van der Waals surface area contributed by atoms with Gasteiger partial charge in [0, 0.05) is 25.2 Å². The van der Waals surface area contributed by atoms with Gasteiger partial charge in [-0.25, -0.2) is 8.78 Å². The lowest BCUT2D eigenvalue weighted by Gasteiger charge is -2.35. The third-order valence-electron chi connectivity index (χ3n) is 5.85. The summed E-state index contributed by atoms with van der Waals surface area (Å²) in [5.74, 6) is -0.915. The quantitative estimate of drug-likeness (QED) is 0.785. The lowest BCUT2D eigenvalue weighted by molar-refractivity contribution is -0.137. The Hall–Kier alpha value is -2.41. The van der Waals surface area contributed by atoms with Crippen LogP contribution in [0.25, 0.3) is 5.57 Å². The Morgan fingerprint density at radius 2 is 2.03 bits per heavy atom. The molecule has 3 atom stereocenters. The SMILES string of the molecule is CCC(C(=O)C1CNCCO1)N1CC(c2cc(F)ccc2F)=C[C@H]1c1ccccc1. The second-order valence-electron chi connectivity index (χ2n) is 7.73. The monoisotopic (exact) mass is 412 g/mol. The minimum atomic E-state index is -0.491. The molecule has 0 saturated carbocycles. The largest absolute Gasteiger partial charge is 0.368 e. The van der Waals surface area contributed by atoms with Crippen molar-refractivity contribution in [3.05, 3.63) is 77.4 Å². The first-order chi connectivity index (χ1) is 14.6. The lowest BCUT2D eigenvalue weighted by Crippen LogP contribution is -2.51. The molecular weight excluding hydrogens is 386 g/mol. The van der Waals surface area contributed by atoms with Crippen molar-refractivity contribution in [1.29, 1.82) is 0 Å². The van der Waals surface area contributed by atoms with Crippen LogP contribution < -0.4 is 5.32 Å². The first-order valence-corrected chi connectivity index (χ1v) is 10.4. The maximum atomic E-state index is 14.5. The molecule has 0 spiro atoms. The van der Waals surface area contributed by atoms with Crippen LogP contribution in [0.5, 0.6) is 0 Å². The molecular formula is C24H26F2N2O2. The number of ketones is 1. The maximum Gasteiger partial charge on any atom is 0.179 e. The molecule has 158 valence electrons. The molecule has 0 aliphatic carbocycles. The molecule has 1 N–H and O–H groups in total. The van der Waals surface area contributed by atoms with Gasteiger partial charge < -0.3 is 10.1 Å². The van der Waals surface area contributed by atoms with Crippen LogP contribution in [-0.2, 0) is 9.53 Å². The number of ether oxygens (including phenoxy) is 1. The van der Waals surface area contributed by atoms with Crippen molar-refractivity contribution in [2.45, 2.75) is 31.5 Å². The summed E-state index contributed by atoms with van der Waals surface area (Å²) in [5, 5.41) is 3.21. The van der Waals surface area contributed by atoms with Crippen molar-refractivity contribution in [2.24, 2.45) is 0 Å². The van der Waals surface area contributed by atoms with E-state index in [2.05, 4.69) is 10.2 Å². The van der Waals surface area contributed by atoms with Crippen LogP contribution in [0, 0.1) is 11.6 Å². The standard InChI is InChI=1S/C24H26F2N2O2/c1-2-21(24(29)23-14-27-10-11-30-23)28-15-17(19-13-18(25)8-9-20(19)26)12-22(28)16-6-4-3-5-7-16/h3-9,12-13,21-23,27H,2,10-11,14-15H2,1H3/t21?,22-,23?/m0/s1. The van der Waals surface area contributed by atoms with Gasteiger partial charge in [-0.15, -0.1) is 0 Å².